The summed E-state index contributed by atoms with van der Waals surface area (Å²) in [6, 6.07) is 6.29. The van der Waals surface area contributed by atoms with Crippen molar-refractivity contribution in [2.24, 2.45) is 5.16 Å². The van der Waals surface area contributed by atoms with Crippen LogP contribution in [0.1, 0.15) is 49.5 Å². The topological polar surface area (TPSA) is 76.2 Å². The van der Waals surface area contributed by atoms with E-state index in [9.17, 15) is 9.60 Å². The number of benzene rings is 1. The molecule has 0 spiro atoms. The number of rotatable bonds is 3. The lowest BCUT2D eigenvalue weighted by molar-refractivity contribution is 0.312. The van der Waals surface area contributed by atoms with Gasteiger partial charge in [-0.3, -0.25) is 0 Å². The van der Waals surface area contributed by atoms with Crippen LogP contribution < -0.4 is 0 Å². The number of nitrogens with zero attached hydrogens (tertiary/aromatic N) is 5. The minimum Gasteiger partial charge on any atom is -0.410 e. The third-order valence-corrected chi connectivity index (χ3v) is 3.85. The molecule has 0 bridgehead atoms. The van der Waals surface area contributed by atoms with Crippen molar-refractivity contribution in [3.05, 3.63) is 41.5 Å². The fourth-order valence-corrected chi connectivity index (χ4v) is 2.79. The minimum atomic E-state index is -0.469. The Kier molecular flexibility index (Phi) is 3.89. The molecule has 1 saturated carbocycles. The summed E-state index contributed by atoms with van der Waals surface area (Å²) in [6.07, 6.45) is 5.41. The average Bonchev–Trinajstić information content (AvgIpc) is 3.00. The summed E-state index contributed by atoms with van der Waals surface area (Å²) >= 11 is 0. The molecule has 21 heavy (non-hydrogen) atoms. The first-order valence-electron chi connectivity index (χ1n) is 7.06. The van der Waals surface area contributed by atoms with Crippen LogP contribution in [0.4, 0.5) is 4.39 Å². The van der Waals surface area contributed by atoms with Gasteiger partial charge in [-0.1, -0.05) is 36.6 Å². The first kappa shape index (κ1) is 13.7. The van der Waals surface area contributed by atoms with Crippen LogP contribution in [0.25, 0.3) is 0 Å². The molecule has 1 aliphatic carbocycles. The quantitative estimate of drug-likeness (QED) is 0.535. The number of hydrogen-bond donors (Lipinski definition) is 1. The Balaban J connectivity index is 1.99. The molecule has 110 valence electrons. The van der Waals surface area contributed by atoms with Crippen LogP contribution in [0.15, 0.2) is 29.4 Å². The van der Waals surface area contributed by atoms with Crippen LogP contribution >= 0.6 is 0 Å². The Hall–Kier alpha value is -2.31. The Bertz CT molecular complexity index is 648. The van der Waals surface area contributed by atoms with Crippen molar-refractivity contribution in [1.82, 2.24) is 20.2 Å². The highest BCUT2D eigenvalue weighted by molar-refractivity contribution is 6.10. The van der Waals surface area contributed by atoms with Crippen molar-refractivity contribution in [2.75, 3.05) is 0 Å². The molecule has 2 aromatic rings. The summed E-state index contributed by atoms with van der Waals surface area (Å²) in [6.45, 7) is 0. The molecule has 0 aliphatic heterocycles. The fourth-order valence-electron chi connectivity index (χ4n) is 2.79. The summed E-state index contributed by atoms with van der Waals surface area (Å²) in [7, 11) is 0. The van der Waals surface area contributed by atoms with Crippen LogP contribution in [-0.4, -0.2) is 31.1 Å². The molecule has 0 atom stereocenters. The standard InChI is InChI=1S/C14H16FN5O/c15-12-9-5-4-8-11(12)13(17-21)14-16-18-19-20(14)10-6-2-1-3-7-10/h4-5,8-10,21H,1-3,6-7H2/b17-13-. The molecule has 6 nitrogen and oxygen atoms in total. The van der Waals surface area contributed by atoms with Gasteiger partial charge in [0.25, 0.3) is 0 Å². The van der Waals surface area contributed by atoms with E-state index in [0.29, 0.717) is 5.82 Å². The van der Waals surface area contributed by atoms with Gasteiger partial charge < -0.3 is 5.21 Å². The lowest BCUT2D eigenvalue weighted by atomic mass is 9.95. The molecule has 7 heteroatoms. The van der Waals surface area contributed by atoms with E-state index in [0.717, 1.165) is 25.7 Å². The second-order valence-corrected chi connectivity index (χ2v) is 5.17. The van der Waals surface area contributed by atoms with Crippen LogP contribution in [0.3, 0.4) is 0 Å². The monoisotopic (exact) mass is 289 g/mol. The zero-order valence-corrected chi connectivity index (χ0v) is 11.5. The summed E-state index contributed by atoms with van der Waals surface area (Å²) in [5.41, 5.74) is 0.246. The van der Waals surface area contributed by atoms with Gasteiger partial charge in [0, 0.05) is 5.56 Å². The Labute approximate surface area is 121 Å². The van der Waals surface area contributed by atoms with Crippen molar-refractivity contribution in [2.45, 2.75) is 38.1 Å². The number of aromatic nitrogens is 4. The normalized spacial score (nSPS) is 17.1. The number of tetrazole rings is 1. The van der Waals surface area contributed by atoms with Crippen molar-refractivity contribution in [3.8, 4) is 0 Å². The smallest absolute Gasteiger partial charge is 0.205 e. The first-order chi connectivity index (χ1) is 10.3. The lowest BCUT2D eigenvalue weighted by Gasteiger charge is -2.22. The van der Waals surface area contributed by atoms with Crippen LogP contribution in [-0.2, 0) is 0 Å². The van der Waals surface area contributed by atoms with E-state index in [-0.39, 0.29) is 17.3 Å². The maximum Gasteiger partial charge on any atom is 0.205 e. The fraction of sp³-hybridized carbons (Fsp3) is 0.429. The maximum absolute atomic E-state index is 13.9. The van der Waals surface area contributed by atoms with Crippen molar-refractivity contribution >= 4 is 5.71 Å². The van der Waals surface area contributed by atoms with Gasteiger partial charge in [-0.05, 0) is 35.4 Å². The Morgan fingerprint density at radius 1 is 1.24 bits per heavy atom. The van der Waals surface area contributed by atoms with Crippen LogP contribution in [0.2, 0.25) is 0 Å². The first-order valence-corrected chi connectivity index (χ1v) is 7.06. The third kappa shape index (κ3) is 2.63. The highest BCUT2D eigenvalue weighted by Crippen LogP contribution is 2.28. The maximum atomic E-state index is 13.9. The molecule has 1 aromatic carbocycles. The highest BCUT2D eigenvalue weighted by atomic mass is 19.1. The molecule has 3 rings (SSSR count). The molecular weight excluding hydrogens is 273 g/mol. The van der Waals surface area contributed by atoms with E-state index in [4.69, 9.17) is 0 Å². The molecule has 1 aliphatic rings. The van der Waals surface area contributed by atoms with Crippen LogP contribution in [0.5, 0.6) is 0 Å². The highest BCUT2D eigenvalue weighted by Gasteiger charge is 2.25. The zero-order valence-electron chi connectivity index (χ0n) is 11.5. The molecule has 0 unspecified atom stereocenters. The van der Waals surface area contributed by atoms with Gasteiger partial charge in [0.1, 0.15) is 5.82 Å². The minimum absolute atomic E-state index is 0.0590. The van der Waals surface area contributed by atoms with E-state index in [1.807, 2.05) is 0 Å². The summed E-state index contributed by atoms with van der Waals surface area (Å²) in [5.74, 6) is -0.169. The van der Waals surface area contributed by atoms with Crippen LogP contribution in [0, 0.1) is 5.82 Å². The summed E-state index contributed by atoms with van der Waals surface area (Å²) < 4.78 is 15.6. The van der Waals surface area contributed by atoms with Gasteiger partial charge in [-0.25, -0.2) is 9.07 Å². The lowest BCUT2D eigenvalue weighted by Crippen LogP contribution is -2.21. The van der Waals surface area contributed by atoms with Gasteiger partial charge in [0.2, 0.25) is 5.82 Å². The molecule has 0 saturated heterocycles. The third-order valence-electron chi connectivity index (χ3n) is 3.85. The van der Waals surface area contributed by atoms with Crippen molar-refractivity contribution in [1.29, 1.82) is 0 Å². The number of hydrogen-bond acceptors (Lipinski definition) is 5. The van der Waals surface area contributed by atoms with Gasteiger partial charge in [0.05, 0.1) is 6.04 Å². The SMILES string of the molecule is O/N=C(/c1ccccc1F)c1nnnn1C1CCCCC1. The zero-order chi connectivity index (χ0) is 14.7. The number of halogens is 1. The second-order valence-electron chi connectivity index (χ2n) is 5.17. The molecule has 1 heterocycles. The van der Waals surface area contributed by atoms with Gasteiger partial charge >= 0.3 is 0 Å². The molecule has 1 N–H and O–H groups in total. The molecule has 0 radical (unpaired) electrons. The van der Waals surface area contributed by atoms with E-state index in [1.165, 1.54) is 12.5 Å². The Morgan fingerprint density at radius 3 is 2.71 bits per heavy atom. The average molecular weight is 289 g/mol. The second kappa shape index (κ2) is 5.99. The Morgan fingerprint density at radius 2 is 2.00 bits per heavy atom. The largest absolute Gasteiger partial charge is 0.410 e. The molecule has 0 amide bonds. The molecule has 1 aromatic heterocycles. The predicted octanol–water partition coefficient (Wildman–Crippen LogP) is 2.54. The van der Waals surface area contributed by atoms with E-state index in [2.05, 4.69) is 20.7 Å². The van der Waals surface area contributed by atoms with Gasteiger partial charge in [-0.15, -0.1) is 5.10 Å². The predicted molar refractivity (Wildman–Crippen MR) is 73.8 cm³/mol. The molecular formula is C14H16FN5O. The van der Waals surface area contributed by atoms with Crippen molar-refractivity contribution < 1.29 is 9.60 Å². The van der Waals surface area contributed by atoms with Gasteiger partial charge in [0.15, 0.2) is 5.71 Å². The number of oxime groups is 1. The van der Waals surface area contributed by atoms with Crippen molar-refractivity contribution in [3.63, 3.8) is 0 Å². The van der Waals surface area contributed by atoms with E-state index < -0.39 is 5.82 Å². The van der Waals surface area contributed by atoms with Gasteiger partial charge in [-0.2, -0.15) is 0 Å². The van der Waals surface area contributed by atoms with E-state index >= 15 is 0 Å². The summed E-state index contributed by atoms with van der Waals surface area (Å²) in [5, 5.41) is 24.1. The molecule has 1 fully saturated rings. The van der Waals surface area contributed by atoms with E-state index in [1.54, 1.807) is 22.9 Å². The summed E-state index contributed by atoms with van der Waals surface area (Å²) in [4.78, 5) is 0.